The molecular weight excluding hydrogens is 240 g/mol. The Hall–Kier alpha value is -1.91. The van der Waals surface area contributed by atoms with E-state index in [4.69, 9.17) is 16.2 Å². The van der Waals surface area contributed by atoms with Crippen molar-refractivity contribution in [2.45, 2.75) is 19.5 Å². The number of ether oxygens (including phenoxy) is 1. The summed E-state index contributed by atoms with van der Waals surface area (Å²) in [6.07, 6.45) is 6.05. The van der Waals surface area contributed by atoms with Crippen molar-refractivity contribution in [2.75, 3.05) is 6.61 Å². The molecule has 0 heterocycles. The molecule has 19 heavy (non-hydrogen) atoms. The van der Waals surface area contributed by atoms with E-state index in [0.29, 0.717) is 31.7 Å². The molecule has 0 fully saturated rings. The molecule has 0 atom stereocenters. The fourth-order valence-corrected chi connectivity index (χ4v) is 1.61. The van der Waals surface area contributed by atoms with Crippen molar-refractivity contribution in [2.24, 2.45) is 11.5 Å². The topological polar surface area (TPSA) is 78.3 Å². The number of rotatable bonds is 7. The molecule has 4 N–H and O–H groups in total. The molecule has 0 saturated carbocycles. The van der Waals surface area contributed by atoms with Crippen LogP contribution in [0.4, 0.5) is 0 Å². The highest BCUT2D eigenvalue weighted by Crippen LogP contribution is 2.11. The number of nitrogens with two attached hydrogens (primary N) is 2. The normalized spacial score (nSPS) is 10.6. The van der Waals surface area contributed by atoms with Crippen LogP contribution in [0.2, 0.25) is 0 Å². The van der Waals surface area contributed by atoms with Crippen molar-refractivity contribution in [1.82, 2.24) is 0 Å². The summed E-state index contributed by atoms with van der Waals surface area (Å²) < 4.78 is 5.17. The van der Waals surface area contributed by atoms with Gasteiger partial charge in [-0.05, 0) is 29.7 Å². The van der Waals surface area contributed by atoms with Gasteiger partial charge >= 0.3 is 5.97 Å². The zero-order valence-electron chi connectivity index (χ0n) is 11.0. The van der Waals surface area contributed by atoms with E-state index >= 15 is 0 Å². The van der Waals surface area contributed by atoms with Gasteiger partial charge in [-0.25, -0.2) is 4.79 Å². The van der Waals surface area contributed by atoms with E-state index in [0.717, 1.165) is 11.1 Å². The van der Waals surface area contributed by atoms with E-state index < -0.39 is 0 Å². The third-order valence-electron chi connectivity index (χ3n) is 2.55. The Labute approximate surface area is 113 Å². The van der Waals surface area contributed by atoms with Gasteiger partial charge in [-0.15, -0.1) is 0 Å². The van der Waals surface area contributed by atoms with E-state index in [2.05, 4.69) is 6.58 Å². The molecule has 4 nitrogen and oxygen atoms in total. The van der Waals surface area contributed by atoms with Crippen LogP contribution in [0.15, 0.2) is 43.0 Å². The lowest BCUT2D eigenvalue weighted by molar-refractivity contribution is 0.0511. The quantitative estimate of drug-likeness (QED) is 0.446. The summed E-state index contributed by atoms with van der Waals surface area (Å²) in [4.78, 5) is 11.9. The summed E-state index contributed by atoms with van der Waals surface area (Å²) in [5.74, 6) is -0.350. The average molecular weight is 260 g/mol. The Morgan fingerprint density at radius 3 is 2.37 bits per heavy atom. The highest BCUT2D eigenvalue weighted by molar-refractivity contribution is 5.89. The minimum Gasteiger partial charge on any atom is -0.462 e. The molecule has 0 unspecified atom stereocenters. The Kier molecular flexibility index (Phi) is 6.57. The van der Waals surface area contributed by atoms with Gasteiger partial charge in [0.2, 0.25) is 0 Å². The zero-order valence-corrected chi connectivity index (χ0v) is 11.0. The number of hydrogen-bond donors (Lipinski definition) is 2. The Morgan fingerprint density at radius 2 is 1.84 bits per heavy atom. The summed E-state index contributed by atoms with van der Waals surface area (Å²) in [5.41, 5.74) is 13.4. The fraction of sp³-hybridized carbons (Fsp3) is 0.267. The second-order valence-corrected chi connectivity index (χ2v) is 4.03. The van der Waals surface area contributed by atoms with Crippen LogP contribution in [0.3, 0.4) is 0 Å². The third kappa shape index (κ3) is 5.07. The van der Waals surface area contributed by atoms with Crippen molar-refractivity contribution in [3.05, 3.63) is 59.7 Å². The van der Waals surface area contributed by atoms with Crippen LogP contribution in [0.25, 0.3) is 0 Å². The second kappa shape index (κ2) is 8.24. The second-order valence-electron chi connectivity index (χ2n) is 4.03. The van der Waals surface area contributed by atoms with Gasteiger partial charge < -0.3 is 16.2 Å². The molecule has 0 aliphatic heterocycles. The van der Waals surface area contributed by atoms with E-state index in [1.54, 1.807) is 18.2 Å². The number of hydrogen-bond acceptors (Lipinski definition) is 4. The highest BCUT2D eigenvalue weighted by Gasteiger charge is 2.09. The molecule has 0 amide bonds. The average Bonchev–Trinajstić information content (AvgIpc) is 2.46. The molecule has 0 bridgehead atoms. The largest absolute Gasteiger partial charge is 0.462 e. The van der Waals surface area contributed by atoms with Crippen molar-refractivity contribution >= 4 is 5.97 Å². The first kappa shape index (κ1) is 15.1. The smallest absolute Gasteiger partial charge is 0.338 e. The molecule has 0 aliphatic carbocycles. The highest BCUT2D eigenvalue weighted by atomic mass is 16.5. The van der Waals surface area contributed by atoms with Crippen molar-refractivity contribution in [3.8, 4) is 0 Å². The van der Waals surface area contributed by atoms with Crippen molar-refractivity contribution in [1.29, 1.82) is 0 Å². The van der Waals surface area contributed by atoms with Gasteiger partial charge in [0.1, 0.15) is 0 Å². The number of esters is 1. The summed E-state index contributed by atoms with van der Waals surface area (Å²) in [7, 11) is 0. The van der Waals surface area contributed by atoms with Crippen LogP contribution in [-0.2, 0) is 17.8 Å². The molecule has 102 valence electrons. The maximum Gasteiger partial charge on any atom is 0.338 e. The predicted molar refractivity (Wildman–Crippen MR) is 76.5 cm³/mol. The maximum absolute atomic E-state index is 11.9. The van der Waals surface area contributed by atoms with Gasteiger partial charge in [-0.1, -0.05) is 30.9 Å². The summed E-state index contributed by atoms with van der Waals surface area (Å²) >= 11 is 0. The molecule has 0 spiro atoms. The molecular formula is C15H20N2O2. The lowest BCUT2D eigenvalue weighted by Gasteiger charge is -2.07. The fourth-order valence-electron chi connectivity index (χ4n) is 1.61. The number of allylic oxidation sites excluding steroid dienone is 2. The molecule has 0 radical (unpaired) electrons. The minimum absolute atomic E-state index is 0.341. The summed E-state index contributed by atoms with van der Waals surface area (Å²) in [6.45, 7) is 4.64. The number of carbonyl (C=O) groups excluding carboxylic acids is 1. The van der Waals surface area contributed by atoms with Crippen molar-refractivity contribution < 1.29 is 9.53 Å². The van der Waals surface area contributed by atoms with Crippen LogP contribution >= 0.6 is 0 Å². The van der Waals surface area contributed by atoms with Crippen LogP contribution in [0, 0.1) is 0 Å². The number of benzene rings is 1. The zero-order chi connectivity index (χ0) is 14.1. The molecule has 4 heteroatoms. The lowest BCUT2D eigenvalue weighted by atomic mass is 10.1. The van der Waals surface area contributed by atoms with Gasteiger partial charge in [-0.3, -0.25) is 0 Å². The van der Waals surface area contributed by atoms with Gasteiger partial charge in [-0.2, -0.15) is 0 Å². The first-order valence-corrected chi connectivity index (χ1v) is 6.19. The standard InChI is InChI=1S/C15H20N2O2/c1-2-3-4-5-6-19-15(18)14-8-12(10-16)7-13(9-14)11-17/h2-4,7-9H,1,5-6,10-11,16-17H2/b4-3+. The SMILES string of the molecule is C=C/C=C/CCOC(=O)c1cc(CN)cc(CN)c1. The lowest BCUT2D eigenvalue weighted by Crippen LogP contribution is -2.09. The molecule has 0 aromatic heterocycles. The Morgan fingerprint density at radius 1 is 1.21 bits per heavy atom. The first-order valence-electron chi connectivity index (χ1n) is 6.19. The van der Waals surface area contributed by atoms with Crippen molar-refractivity contribution in [3.63, 3.8) is 0 Å². The monoisotopic (exact) mass is 260 g/mol. The van der Waals surface area contributed by atoms with Crippen LogP contribution in [0.1, 0.15) is 27.9 Å². The summed E-state index contributed by atoms with van der Waals surface area (Å²) in [6, 6.07) is 5.37. The molecule has 1 aromatic carbocycles. The van der Waals surface area contributed by atoms with Gasteiger partial charge in [0.05, 0.1) is 12.2 Å². The van der Waals surface area contributed by atoms with Gasteiger partial charge in [0, 0.05) is 13.1 Å². The van der Waals surface area contributed by atoms with Crippen LogP contribution in [-0.4, -0.2) is 12.6 Å². The predicted octanol–water partition coefficient (Wildman–Crippen LogP) is 1.89. The Balaban J connectivity index is 2.65. The van der Waals surface area contributed by atoms with E-state index in [1.807, 2.05) is 18.2 Å². The van der Waals surface area contributed by atoms with E-state index in [9.17, 15) is 4.79 Å². The van der Waals surface area contributed by atoms with Crippen LogP contribution < -0.4 is 11.5 Å². The molecule has 0 aliphatic rings. The van der Waals surface area contributed by atoms with Gasteiger partial charge in [0.25, 0.3) is 0 Å². The third-order valence-corrected chi connectivity index (χ3v) is 2.55. The summed E-state index contributed by atoms with van der Waals surface area (Å²) in [5, 5.41) is 0. The Bertz CT molecular complexity index is 445. The minimum atomic E-state index is -0.350. The molecule has 1 rings (SSSR count). The molecule has 0 saturated heterocycles. The number of carbonyl (C=O) groups is 1. The van der Waals surface area contributed by atoms with E-state index in [1.165, 1.54) is 0 Å². The van der Waals surface area contributed by atoms with Crippen LogP contribution in [0.5, 0.6) is 0 Å². The molecule has 1 aromatic rings. The van der Waals surface area contributed by atoms with E-state index in [-0.39, 0.29) is 5.97 Å². The maximum atomic E-state index is 11.9. The van der Waals surface area contributed by atoms with Gasteiger partial charge in [0.15, 0.2) is 0 Å². The first-order chi connectivity index (χ1) is 9.21.